The highest BCUT2D eigenvalue weighted by molar-refractivity contribution is 5.96. The average molecular weight is 272 g/mol. The Morgan fingerprint density at radius 2 is 1.95 bits per heavy atom. The minimum absolute atomic E-state index is 0.300. The Hall–Kier alpha value is -1.56. The first-order valence-corrected chi connectivity index (χ1v) is 6.01. The fourth-order valence-corrected chi connectivity index (χ4v) is 2.17. The van der Waals surface area contributed by atoms with Crippen molar-refractivity contribution in [3.05, 3.63) is 35.4 Å². The Morgan fingerprint density at radius 3 is 2.47 bits per heavy atom. The van der Waals surface area contributed by atoms with Gasteiger partial charge in [-0.3, -0.25) is 4.79 Å². The van der Waals surface area contributed by atoms with E-state index in [4.69, 9.17) is 5.73 Å². The summed E-state index contributed by atoms with van der Waals surface area (Å²) in [7, 11) is 0. The molecule has 104 valence electrons. The van der Waals surface area contributed by atoms with Gasteiger partial charge in [0.25, 0.3) is 5.91 Å². The van der Waals surface area contributed by atoms with Crippen molar-refractivity contribution in [1.29, 1.82) is 0 Å². The lowest BCUT2D eigenvalue weighted by molar-refractivity contribution is -0.138. The Bertz CT molecular complexity index is 493. The van der Waals surface area contributed by atoms with Crippen LogP contribution in [0, 0.1) is 0 Å². The maximum absolute atomic E-state index is 12.8. The summed E-state index contributed by atoms with van der Waals surface area (Å²) >= 11 is 0. The quantitative estimate of drug-likeness (QED) is 0.897. The molecule has 2 N–H and O–H groups in total. The van der Waals surface area contributed by atoms with Gasteiger partial charge in [-0.15, -0.1) is 0 Å². The fourth-order valence-electron chi connectivity index (χ4n) is 2.17. The van der Waals surface area contributed by atoms with Gasteiger partial charge in [-0.25, -0.2) is 0 Å². The minimum Gasteiger partial charge on any atom is -0.335 e. The van der Waals surface area contributed by atoms with E-state index in [0.29, 0.717) is 19.5 Å². The molecule has 1 fully saturated rings. The molecule has 0 radical (unpaired) electrons. The van der Waals surface area contributed by atoms with Crippen molar-refractivity contribution >= 4 is 5.91 Å². The van der Waals surface area contributed by atoms with Crippen LogP contribution in [0.4, 0.5) is 13.2 Å². The number of nitrogens with two attached hydrogens (primary N) is 1. The van der Waals surface area contributed by atoms with Crippen LogP contribution >= 0.6 is 0 Å². The highest BCUT2D eigenvalue weighted by Crippen LogP contribution is 2.33. The predicted molar refractivity (Wildman–Crippen MR) is 64.6 cm³/mol. The molecular formula is C13H15F3N2O. The van der Waals surface area contributed by atoms with Crippen LogP contribution in [0.5, 0.6) is 0 Å². The van der Waals surface area contributed by atoms with Gasteiger partial charge in [0.1, 0.15) is 0 Å². The van der Waals surface area contributed by atoms with Gasteiger partial charge in [-0.05, 0) is 18.6 Å². The maximum Gasteiger partial charge on any atom is 0.417 e. The molecular weight excluding hydrogens is 257 g/mol. The standard InChI is InChI=1S/C13H15F3N2O/c1-2-12(17)7-18(8-12)11(19)9-5-3-4-6-10(9)13(14,15)16/h3-6H,2,7-8,17H2,1H3. The van der Waals surface area contributed by atoms with Gasteiger partial charge in [0.15, 0.2) is 0 Å². The molecule has 1 aliphatic heterocycles. The van der Waals surface area contributed by atoms with E-state index < -0.39 is 23.2 Å². The second-order valence-electron chi connectivity index (χ2n) is 4.92. The van der Waals surface area contributed by atoms with Crippen molar-refractivity contribution in [3.63, 3.8) is 0 Å². The normalized spacial score (nSPS) is 18.1. The SMILES string of the molecule is CCC1(N)CN(C(=O)c2ccccc2C(F)(F)F)C1. The number of halogens is 3. The van der Waals surface area contributed by atoms with Gasteiger partial charge in [0.2, 0.25) is 0 Å². The average Bonchev–Trinajstić information content (AvgIpc) is 2.33. The van der Waals surface area contributed by atoms with Gasteiger partial charge >= 0.3 is 6.18 Å². The van der Waals surface area contributed by atoms with Crippen LogP contribution in [-0.2, 0) is 6.18 Å². The summed E-state index contributed by atoms with van der Waals surface area (Å²) in [5, 5.41) is 0. The van der Waals surface area contributed by atoms with E-state index in [1.807, 2.05) is 6.92 Å². The lowest BCUT2D eigenvalue weighted by atomic mass is 9.87. The molecule has 0 saturated carbocycles. The van der Waals surface area contributed by atoms with Crippen LogP contribution < -0.4 is 5.73 Å². The number of hydrogen-bond donors (Lipinski definition) is 1. The molecule has 1 saturated heterocycles. The van der Waals surface area contributed by atoms with Crippen LogP contribution in [-0.4, -0.2) is 29.4 Å². The Balaban J connectivity index is 2.22. The van der Waals surface area contributed by atoms with Gasteiger partial charge in [0.05, 0.1) is 16.7 Å². The number of hydrogen-bond acceptors (Lipinski definition) is 2. The van der Waals surface area contributed by atoms with E-state index >= 15 is 0 Å². The molecule has 0 aromatic heterocycles. The molecule has 0 aliphatic carbocycles. The molecule has 3 nitrogen and oxygen atoms in total. The Morgan fingerprint density at radius 1 is 1.37 bits per heavy atom. The van der Waals surface area contributed by atoms with Gasteiger partial charge in [-0.2, -0.15) is 13.2 Å². The molecule has 1 aliphatic rings. The van der Waals surface area contributed by atoms with Gasteiger partial charge in [-0.1, -0.05) is 19.1 Å². The zero-order chi connectivity index (χ0) is 14.3. The van der Waals surface area contributed by atoms with Crippen molar-refractivity contribution in [2.75, 3.05) is 13.1 Å². The first-order valence-electron chi connectivity index (χ1n) is 6.01. The van der Waals surface area contributed by atoms with E-state index in [1.165, 1.54) is 23.1 Å². The monoisotopic (exact) mass is 272 g/mol. The van der Waals surface area contributed by atoms with Gasteiger partial charge in [0, 0.05) is 13.1 Å². The fraction of sp³-hybridized carbons (Fsp3) is 0.462. The number of alkyl halides is 3. The van der Waals surface area contributed by atoms with E-state index in [9.17, 15) is 18.0 Å². The zero-order valence-electron chi connectivity index (χ0n) is 10.5. The summed E-state index contributed by atoms with van der Waals surface area (Å²) in [5.74, 6) is -0.609. The second kappa shape index (κ2) is 4.52. The molecule has 1 aromatic rings. The molecule has 0 atom stereocenters. The molecule has 0 bridgehead atoms. The third-order valence-corrected chi connectivity index (χ3v) is 3.47. The molecule has 1 aromatic carbocycles. The number of amides is 1. The number of carbonyl (C=O) groups is 1. The molecule has 1 amide bonds. The van der Waals surface area contributed by atoms with Crippen LogP contribution in [0.2, 0.25) is 0 Å². The topological polar surface area (TPSA) is 46.3 Å². The predicted octanol–water partition coefficient (Wildman–Crippen LogP) is 2.27. The van der Waals surface area contributed by atoms with Crippen LogP contribution in [0.15, 0.2) is 24.3 Å². The van der Waals surface area contributed by atoms with Crippen molar-refractivity contribution in [3.8, 4) is 0 Å². The number of rotatable bonds is 2. The van der Waals surface area contributed by atoms with Crippen molar-refractivity contribution < 1.29 is 18.0 Å². The van der Waals surface area contributed by atoms with Crippen LogP contribution in [0.3, 0.4) is 0 Å². The summed E-state index contributed by atoms with van der Waals surface area (Å²) in [5.41, 5.74) is 4.25. The van der Waals surface area contributed by atoms with Crippen LogP contribution in [0.1, 0.15) is 29.3 Å². The van der Waals surface area contributed by atoms with Crippen molar-refractivity contribution in [2.45, 2.75) is 25.1 Å². The van der Waals surface area contributed by atoms with E-state index in [-0.39, 0.29) is 5.56 Å². The highest BCUT2D eigenvalue weighted by Gasteiger charge is 2.43. The van der Waals surface area contributed by atoms with E-state index in [2.05, 4.69) is 0 Å². The maximum atomic E-state index is 12.8. The highest BCUT2D eigenvalue weighted by atomic mass is 19.4. The lowest BCUT2D eigenvalue weighted by Gasteiger charge is -2.47. The van der Waals surface area contributed by atoms with Crippen LogP contribution in [0.25, 0.3) is 0 Å². The third-order valence-electron chi connectivity index (χ3n) is 3.47. The van der Waals surface area contributed by atoms with Gasteiger partial charge < -0.3 is 10.6 Å². The third kappa shape index (κ3) is 2.58. The Kier molecular flexibility index (Phi) is 3.30. The molecule has 0 spiro atoms. The first kappa shape index (κ1) is 13.9. The van der Waals surface area contributed by atoms with Crippen molar-refractivity contribution in [1.82, 2.24) is 4.90 Å². The Labute approximate surface area is 109 Å². The molecule has 6 heteroatoms. The number of nitrogens with zero attached hydrogens (tertiary/aromatic N) is 1. The lowest BCUT2D eigenvalue weighted by Crippen LogP contribution is -2.68. The molecule has 2 rings (SSSR count). The molecule has 1 heterocycles. The first-order chi connectivity index (χ1) is 8.77. The summed E-state index contributed by atoms with van der Waals surface area (Å²) in [6.45, 7) is 2.49. The summed E-state index contributed by atoms with van der Waals surface area (Å²) in [4.78, 5) is 13.4. The summed E-state index contributed by atoms with van der Waals surface area (Å²) in [6, 6.07) is 4.82. The van der Waals surface area contributed by atoms with E-state index in [0.717, 1.165) is 6.07 Å². The second-order valence-corrected chi connectivity index (χ2v) is 4.92. The minimum atomic E-state index is -4.53. The van der Waals surface area contributed by atoms with Crippen molar-refractivity contribution in [2.24, 2.45) is 5.73 Å². The zero-order valence-corrected chi connectivity index (χ0v) is 10.5. The number of likely N-dealkylation sites (tertiary alicyclic amines) is 1. The van der Waals surface area contributed by atoms with E-state index in [1.54, 1.807) is 0 Å². The largest absolute Gasteiger partial charge is 0.417 e. The molecule has 0 unspecified atom stereocenters. The number of benzene rings is 1. The summed E-state index contributed by atoms with van der Waals surface area (Å²) < 4.78 is 38.5. The molecule has 19 heavy (non-hydrogen) atoms. The summed E-state index contributed by atoms with van der Waals surface area (Å²) in [6.07, 6.45) is -3.83. The number of carbonyl (C=O) groups excluding carboxylic acids is 1. The smallest absolute Gasteiger partial charge is 0.335 e.